The predicted molar refractivity (Wildman–Crippen MR) is 61.8 cm³/mol. The molecule has 0 fully saturated rings. The summed E-state index contributed by atoms with van der Waals surface area (Å²) in [5.74, 6) is -2.22. The van der Waals surface area contributed by atoms with E-state index < -0.39 is 23.7 Å². The van der Waals surface area contributed by atoms with Crippen LogP contribution in [0.5, 0.6) is 0 Å². The molecule has 3 rings (SSSR count). The maximum atomic E-state index is 12.8. The Labute approximate surface area is 109 Å². The Morgan fingerprint density at radius 2 is 2.05 bits per heavy atom. The smallest absolute Gasteiger partial charge is 0.340 e. The zero-order chi connectivity index (χ0) is 14.5. The molecular formula is C10H7F3N6O. The molecule has 1 atom stereocenters. The van der Waals surface area contributed by atoms with E-state index in [1.165, 1.54) is 6.33 Å². The number of rotatable bonds is 1. The van der Waals surface area contributed by atoms with Gasteiger partial charge in [-0.15, -0.1) is 0 Å². The molecule has 0 spiro atoms. The molecule has 0 radical (unpaired) electrons. The molecular weight excluding hydrogens is 277 g/mol. The van der Waals surface area contributed by atoms with Gasteiger partial charge >= 0.3 is 6.18 Å². The van der Waals surface area contributed by atoms with Gasteiger partial charge < -0.3 is 4.98 Å². The van der Waals surface area contributed by atoms with E-state index in [1.807, 2.05) is 0 Å². The lowest BCUT2D eigenvalue weighted by Crippen LogP contribution is -2.31. The second kappa shape index (κ2) is 3.99. The Morgan fingerprint density at radius 3 is 2.70 bits per heavy atom. The first-order valence-electron chi connectivity index (χ1n) is 5.53. The van der Waals surface area contributed by atoms with Crippen molar-refractivity contribution in [1.82, 2.24) is 19.9 Å². The van der Waals surface area contributed by atoms with Gasteiger partial charge in [-0.1, -0.05) is 0 Å². The van der Waals surface area contributed by atoms with Crippen LogP contribution in [-0.2, 0) is 4.79 Å². The fourth-order valence-corrected chi connectivity index (χ4v) is 1.91. The SMILES string of the molecule is CC1C(=O)N(c2ncnc3nc[nH]c23)N=C1C(F)(F)F. The van der Waals surface area contributed by atoms with Crippen molar-refractivity contribution in [2.75, 3.05) is 5.01 Å². The van der Waals surface area contributed by atoms with Crippen molar-refractivity contribution in [3.63, 3.8) is 0 Å². The van der Waals surface area contributed by atoms with E-state index in [0.717, 1.165) is 13.3 Å². The minimum Gasteiger partial charge on any atom is -0.340 e. The molecule has 1 N–H and O–H groups in total. The quantitative estimate of drug-likeness (QED) is 0.853. The number of H-pyrrole nitrogens is 1. The third-order valence-corrected chi connectivity index (χ3v) is 2.89. The average Bonchev–Trinajstić information content (AvgIpc) is 2.95. The van der Waals surface area contributed by atoms with Crippen LogP contribution >= 0.6 is 0 Å². The molecule has 0 aromatic carbocycles. The van der Waals surface area contributed by atoms with Crippen LogP contribution in [0.25, 0.3) is 11.2 Å². The van der Waals surface area contributed by atoms with Crippen LogP contribution in [0.2, 0.25) is 0 Å². The average molecular weight is 284 g/mol. The molecule has 2 aromatic heterocycles. The molecule has 1 amide bonds. The number of fused-ring (bicyclic) bond motifs is 1. The number of hydrogen-bond acceptors (Lipinski definition) is 5. The Kier molecular flexibility index (Phi) is 2.49. The van der Waals surface area contributed by atoms with Gasteiger partial charge in [0.1, 0.15) is 11.8 Å². The summed E-state index contributed by atoms with van der Waals surface area (Å²) in [5.41, 5.74) is -0.653. The molecule has 7 nitrogen and oxygen atoms in total. The van der Waals surface area contributed by atoms with Crippen molar-refractivity contribution in [1.29, 1.82) is 0 Å². The maximum absolute atomic E-state index is 12.8. The number of carbonyl (C=O) groups is 1. The zero-order valence-corrected chi connectivity index (χ0v) is 10.0. The molecule has 0 saturated carbocycles. The second-order valence-electron chi connectivity index (χ2n) is 4.15. The normalized spacial score (nSPS) is 19.8. The van der Waals surface area contributed by atoms with E-state index in [2.05, 4.69) is 25.0 Å². The number of hydrogen-bond donors (Lipinski definition) is 1. The molecule has 0 aliphatic carbocycles. The number of nitrogens with zero attached hydrogens (tertiary/aromatic N) is 5. The van der Waals surface area contributed by atoms with Gasteiger partial charge in [-0.2, -0.15) is 23.3 Å². The highest BCUT2D eigenvalue weighted by molar-refractivity contribution is 6.18. The van der Waals surface area contributed by atoms with Gasteiger partial charge in [-0.25, -0.2) is 15.0 Å². The highest BCUT2D eigenvalue weighted by Gasteiger charge is 2.48. The van der Waals surface area contributed by atoms with Crippen LogP contribution in [0, 0.1) is 5.92 Å². The van der Waals surface area contributed by atoms with Crippen molar-refractivity contribution in [3.8, 4) is 0 Å². The summed E-state index contributed by atoms with van der Waals surface area (Å²) in [6.45, 7) is 1.15. The Bertz CT molecular complexity index is 721. The number of nitrogens with one attached hydrogen (secondary N) is 1. The van der Waals surface area contributed by atoms with Crippen molar-refractivity contribution in [2.24, 2.45) is 11.0 Å². The molecule has 10 heteroatoms. The van der Waals surface area contributed by atoms with Gasteiger partial charge in [-0.05, 0) is 6.92 Å². The van der Waals surface area contributed by atoms with Gasteiger partial charge in [0.25, 0.3) is 5.91 Å². The van der Waals surface area contributed by atoms with Crippen LogP contribution in [0.4, 0.5) is 19.0 Å². The van der Waals surface area contributed by atoms with E-state index in [4.69, 9.17) is 0 Å². The number of aromatic amines is 1. The summed E-state index contributed by atoms with van der Waals surface area (Å²) >= 11 is 0. The minimum atomic E-state index is -4.66. The number of aromatic nitrogens is 4. The number of amides is 1. The topological polar surface area (TPSA) is 87.1 Å². The first-order valence-corrected chi connectivity index (χ1v) is 5.53. The third-order valence-electron chi connectivity index (χ3n) is 2.89. The number of halogens is 3. The third kappa shape index (κ3) is 1.72. The van der Waals surface area contributed by atoms with Crippen LogP contribution in [0.3, 0.4) is 0 Å². The molecule has 0 saturated heterocycles. The second-order valence-corrected chi connectivity index (χ2v) is 4.15. The number of carbonyl (C=O) groups excluding carboxylic acids is 1. The summed E-state index contributed by atoms with van der Waals surface area (Å²) in [6, 6.07) is 0. The number of hydrazone groups is 1. The molecule has 1 aliphatic rings. The first-order chi connectivity index (χ1) is 9.39. The summed E-state index contributed by atoms with van der Waals surface area (Å²) < 4.78 is 38.3. The molecule has 1 unspecified atom stereocenters. The fraction of sp³-hybridized carbons (Fsp3) is 0.300. The van der Waals surface area contributed by atoms with Crippen molar-refractivity contribution < 1.29 is 18.0 Å². The summed E-state index contributed by atoms with van der Waals surface area (Å²) in [6.07, 6.45) is -2.25. The van der Waals surface area contributed by atoms with Gasteiger partial charge in [0, 0.05) is 0 Å². The lowest BCUT2D eigenvalue weighted by atomic mass is 10.1. The van der Waals surface area contributed by atoms with Crippen LogP contribution in [0.15, 0.2) is 17.8 Å². The van der Waals surface area contributed by atoms with Crippen LogP contribution in [-0.4, -0.2) is 37.7 Å². The van der Waals surface area contributed by atoms with E-state index in [0.29, 0.717) is 5.01 Å². The molecule has 3 heterocycles. The molecule has 20 heavy (non-hydrogen) atoms. The summed E-state index contributed by atoms with van der Waals surface area (Å²) in [7, 11) is 0. The predicted octanol–water partition coefficient (Wildman–Crippen LogP) is 1.25. The summed E-state index contributed by atoms with van der Waals surface area (Å²) in [4.78, 5) is 26.1. The molecule has 0 bridgehead atoms. The Balaban J connectivity index is 2.13. The minimum absolute atomic E-state index is 0.0522. The van der Waals surface area contributed by atoms with Crippen molar-refractivity contribution in [2.45, 2.75) is 13.1 Å². The van der Waals surface area contributed by atoms with Gasteiger partial charge in [0.05, 0.1) is 12.2 Å². The van der Waals surface area contributed by atoms with Crippen LogP contribution < -0.4 is 5.01 Å². The monoisotopic (exact) mass is 284 g/mol. The summed E-state index contributed by atoms with van der Waals surface area (Å²) in [5, 5.41) is 3.99. The molecule has 1 aliphatic heterocycles. The van der Waals surface area contributed by atoms with E-state index >= 15 is 0 Å². The molecule has 104 valence electrons. The highest BCUT2D eigenvalue weighted by atomic mass is 19.4. The van der Waals surface area contributed by atoms with Crippen LogP contribution in [0.1, 0.15) is 6.92 Å². The lowest BCUT2D eigenvalue weighted by molar-refractivity contribution is -0.120. The maximum Gasteiger partial charge on any atom is 0.432 e. The van der Waals surface area contributed by atoms with Gasteiger partial charge in [0.2, 0.25) is 0 Å². The van der Waals surface area contributed by atoms with E-state index in [1.54, 1.807) is 0 Å². The molecule has 2 aromatic rings. The Morgan fingerprint density at radius 1 is 1.30 bits per heavy atom. The number of imidazole rings is 1. The largest absolute Gasteiger partial charge is 0.432 e. The van der Waals surface area contributed by atoms with Crippen molar-refractivity contribution in [3.05, 3.63) is 12.7 Å². The lowest BCUT2D eigenvalue weighted by Gasteiger charge is -2.11. The standard InChI is InChI=1S/C10H7F3N6O/c1-4-6(10(11,12)13)18-19(9(4)20)8-5-7(15-2-14-5)16-3-17-8/h2-4H,1H3,(H,14,15,16,17). The highest BCUT2D eigenvalue weighted by Crippen LogP contribution is 2.32. The Hall–Kier alpha value is -2.52. The van der Waals surface area contributed by atoms with Gasteiger partial charge in [-0.3, -0.25) is 4.79 Å². The fourth-order valence-electron chi connectivity index (χ4n) is 1.91. The zero-order valence-electron chi connectivity index (χ0n) is 10.0. The van der Waals surface area contributed by atoms with Gasteiger partial charge in [0.15, 0.2) is 17.2 Å². The van der Waals surface area contributed by atoms with E-state index in [-0.39, 0.29) is 17.0 Å². The first kappa shape index (κ1) is 12.5. The van der Waals surface area contributed by atoms with E-state index in [9.17, 15) is 18.0 Å². The number of alkyl halides is 3. The van der Waals surface area contributed by atoms with Crippen molar-refractivity contribution >= 4 is 28.6 Å². The number of anilines is 1.